The van der Waals surface area contributed by atoms with Crippen molar-refractivity contribution in [1.29, 1.82) is 0 Å². The Labute approximate surface area is 286 Å². The lowest BCUT2D eigenvalue weighted by atomic mass is 9.98. The van der Waals surface area contributed by atoms with Gasteiger partial charge in [0.1, 0.15) is 6.04 Å². The smallest absolute Gasteiger partial charge is 0.412 e. The number of carbonyl (C=O) groups is 3. The summed E-state index contributed by atoms with van der Waals surface area (Å²) < 4.78 is 47.9. The molecule has 0 saturated heterocycles. The number of amides is 1. The molecule has 0 aliphatic rings. The molecule has 6 aromatic carbocycles. The van der Waals surface area contributed by atoms with Gasteiger partial charge in [0.2, 0.25) is 0 Å². The molecule has 6 nitrogen and oxygen atoms in total. The average molecular weight is 673 g/mol. The van der Waals surface area contributed by atoms with Gasteiger partial charge in [0, 0.05) is 27.9 Å². The predicted molar refractivity (Wildman–Crippen MR) is 189 cm³/mol. The summed E-state index contributed by atoms with van der Waals surface area (Å²) in [6.45, 7) is 1.43. The van der Waals surface area contributed by atoms with Crippen molar-refractivity contribution < 1.29 is 32.3 Å². The summed E-state index contributed by atoms with van der Waals surface area (Å²) in [4.78, 5) is 36.7. The number of ketones is 1. The van der Waals surface area contributed by atoms with Crippen LogP contribution >= 0.6 is 0 Å². The minimum absolute atomic E-state index is 0.0362. The van der Waals surface area contributed by atoms with E-state index in [0.717, 1.165) is 16.7 Å². The highest BCUT2D eigenvalue weighted by molar-refractivity contribution is 6.10. The van der Waals surface area contributed by atoms with Gasteiger partial charge in [-0.25, -0.2) is 4.79 Å². The van der Waals surface area contributed by atoms with Gasteiger partial charge in [-0.05, 0) is 88.7 Å². The van der Waals surface area contributed by atoms with Crippen molar-refractivity contribution in [1.82, 2.24) is 0 Å². The monoisotopic (exact) mass is 672 g/mol. The number of fused-ring (bicyclic) bond motifs is 1. The molecule has 0 aromatic heterocycles. The van der Waals surface area contributed by atoms with E-state index in [9.17, 15) is 27.6 Å². The van der Waals surface area contributed by atoms with Crippen molar-refractivity contribution in [3.63, 3.8) is 0 Å². The van der Waals surface area contributed by atoms with E-state index < -0.39 is 18.2 Å². The standard InChI is InChI=1S/C41H31F3N2O4/c1-25(47)34-23-24-37(36-6-4-3-5-35(34)36)46-38(41(42,43)44)30-13-7-26(8-14-30)29-19-21-33(22-20-29)45-39(48)31-15-9-27(10-16-31)28-11-17-32(18-12-28)40(49)50-2/h3-24,38,46H,1-2H3,(H,45,48). The molecule has 1 unspecified atom stereocenters. The molecule has 0 radical (unpaired) electrons. The highest BCUT2D eigenvalue weighted by atomic mass is 19.4. The van der Waals surface area contributed by atoms with E-state index in [0.29, 0.717) is 38.7 Å². The number of rotatable bonds is 9. The molecule has 1 atom stereocenters. The van der Waals surface area contributed by atoms with Crippen molar-refractivity contribution in [2.24, 2.45) is 0 Å². The van der Waals surface area contributed by atoms with Crippen LogP contribution in [0.15, 0.2) is 133 Å². The Hall–Kier alpha value is -6.22. The molecule has 6 rings (SSSR count). The van der Waals surface area contributed by atoms with Crippen molar-refractivity contribution in [3.8, 4) is 22.3 Å². The van der Waals surface area contributed by atoms with E-state index in [-0.39, 0.29) is 22.9 Å². The Morgan fingerprint density at radius 1 is 0.620 bits per heavy atom. The third kappa shape index (κ3) is 7.27. The van der Waals surface area contributed by atoms with E-state index in [1.165, 1.54) is 32.2 Å². The molecule has 0 bridgehead atoms. The summed E-state index contributed by atoms with van der Waals surface area (Å²) in [6.07, 6.45) is -4.60. The third-order valence-corrected chi connectivity index (χ3v) is 8.44. The van der Waals surface area contributed by atoms with Crippen molar-refractivity contribution in [3.05, 3.63) is 156 Å². The van der Waals surface area contributed by atoms with E-state index in [1.807, 2.05) is 12.1 Å². The molecule has 0 aliphatic carbocycles. The zero-order chi connectivity index (χ0) is 35.4. The summed E-state index contributed by atoms with van der Waals surface area (Å²) in [7, 11) is 1.33. The van der Waals surface area contributed by atoms with Gasteiger partial charge in [0.05, 0.1) is 12.7 Å². The number of alkyl halides is 3. The summed E-state index contributed by atoms with van der Waals surface area (Å²) in [5, 5.41) is 6.65. The number of hydrogen-bond donors (Lipinski definition) is 2. The van der Waals surface area contributed by atoms with Gasteiger partial charge in [-0.2, -0.15) is 13.2 Å². The Morgan fingerprint density at radius 2 is 1.12 bits per heavy atom. The van der Waals surface area contributed by atoms with Crippen LogP contribution in [0.5, 0.6) is 0 Å². The normalized spacial score (nSPS) is 11.9. The summed E-state index contributed by atoms with van der Waals surface area (Å²) in [6, 6.07) is 35.2. The van der Waals surface area contributed by atoms with Crippen LogP contribution in [0.3, 0.4) is 0 Å². The average Bonchev–Trinajstić information content (AvgIpc) is 3.13. The number of nitrogens with one attached hydrogen (secondary N) is 2. The second-order valence-corrected chi connectivity index (χ2v) is 11.7. The van der Waals surface area contributed by atoms with Gasteiger partial charge in [0.15, 0.2) is 5.78 Å². The molecule has 2 N–H and O–H groups in total. The number of methoxy groups -OCH3 is 1. The fourth-order valence-corrected chi connectivity index (χ4v) is 5.79. The first-order valence-electron chi connectivity index (χ1n) is 15.7. The molecular weight excluding hydrogens is 641 g/mol. The number of carbonyl (C=O) groups excluding carboxylic acids is 3. The lowest BCUT2D eigenvalue weighted by Crippen LogP contribution is -2.28. The maximum atomic E-state index is 14.4. The number of Topliss-reactive ketones (excluding diaryl/α,β-unsaturated/α-hetero) is 1. The highest BCUT2D eigenvalue weighted by Gasteiger charge is 2.41. The first kappa shape index (κ1) is 33.7. The number of esters is 1. The summed E-state index contributed by atoms with van der Waals surface area (Å²) in [5.74, 6) is -0.884. The maximum absolute atomic E-state index is 14.4. The van der Waals surface area contributed by atoms with Gasteiger partial charge in [0.25, 0.3) is 5.91 Å². The number of ether oxygens (including phenoxy) is 1. The van der Waals surface area contributed by atoms with Gasteiger partial charge in [-0.1, -0.05) is 84.9 Å². The lowest BCUT2D eigenvalue weighted by molar-refractivity contribution is -0.144. The fourth-order valence-electron chi connectivity index (χ4n) is 5.79. The van der Waals surface area contributed by atoms with Crippen LogP contribution < -0.4 is 10.6 Å². The fraction of sp³-hybridized carbons (Fsp3) is 0.0976. The van der Waals surface area contributed by atoms with Crippen LogP contribution in [0.25, 0.3) is 33.0 Å². The van der Waals surface area contributed by atoms with Crippen molar-refractivity contribution in [2.45, 2.75) is 19.1 Å². The molecular formula is C41H31F3N2O4. The van der Waals surface area contributed by atoms with E-state index >= 15 is 0 Å². The summed E-state index contributed by atoms with van der Waals surface area (Å²) >= 11 is 0. The third-order valence-electron chi connectivity index (χ3n) is 8.44. The zero-order valence-electron chi connectivity index (χ0n) is 27.0. The highest BCUT2D eigenvalue weighted by Crippen LogP contribution is 2.39. The molecule has 0 heterocycles. The maximum Gasteiger partial charge on any atom is 0.412 e. The van der Waals surface area contributed by atoms with E-state index in [2.05, 4.69) is 10.6 Å². The second kappa shape index (κ2) is 14.1. The van der Waals surface area contributed by atoms with E-state index in [4.69, 9.17) is 4.74 Å². The molecule has 0 spiro atoms. The quantitative estimate of drug-likeness (QED) is 0.118. The molecule has 0 saturated carbocycles. The molecule has 9 heteroatoms. The number of hydrogen-bond acceptors (Lipinski definition) is 5. The van der Waals surface area contributed by atoms with Gasteiger partial charge >= 0.3 is 12.1 Å². The molecule has 0 fully saturated rings. The van der Waals surface area contributed by atoms with Crippen LogP contribution in [0.4, 0.5) is 24.5 Å². The van der Waals surface area contributed by atoms with Gasteiger partial charge in [-0.3, -0.25) is 9.59 Å². The second-order valence-electron chi connectivity index (χ2n) is 11.7. The first-order valence-corrected chi connectivity index (χ1v) is 15.7. The number of halogens is 3. The largest absolute Gasteiger partial charge is 0.465 e. The lowest BCUT2D eigenvalue weighted by Gasteiger charge is -2.24. The Bertz CT molecular complexity index is 2180. The minimum atomic E-state index is -4.60. The predicted octanol–water partition coefficient (Wildman–Crippen LogP) is 10.1. The number of anilines is 2. The van der Waals surface area contributed by atoms with Crippen molar-refractivity contribution >= 4 is 39.8 Å². The minimum Gasteiger partial charge on any atom is -0.465 e. The van der Waals surface area contributed by atoms with Crippen LogP contribution in [-0.4, -0.2) is 30.9 Å². The molecule has 6 aromatic rings. The van der Waals surface area contributed by atoms with Gasteiger partial charge in [-0.15, -0.1) is 0 Å². The van der Waals surface area contributed by atoms with E-state index in [1.54, 1.807) is 103 Å². The zero-order valence-corrected chi connectivity index (χ0v) is 27.0. The molecule has 1 amide bonds. The van der Waals surface area contributed by atoms with Crippen LogP contribution in [0, 0.1) is 0 Å². The van der Waals surface area contributed by atoms with Crippen molar-refractivity contribution in [2.75, 3.05) is 17.7 Å². The Kier molecular flexibility index (Phi) is 9.49. The van der Waals surface area contributed by atoms with Crippen LogP contribution in [0.1, 0.15) is 49.6 Å². The van der Waals surface area contributed by atoms with Crippen LogP contribution in [-0.2, 0) is 4.74 Å². The Morgan fingerprint density at radius 3 is 1.64 bits per heavy atom. The van der Waals surface area contributed by atoms with Crippen LogP contribution in [0.2, 0.25) is 0 Å². The molecule has 0 aliphatic heterocycles. The summed E-state index contributed by atoms with van der Waals surface area (Å²) in [5.41, 5.74) is 5.44. The molecule has 50 heavy (non-hydrogen) atoms. The first-order chi connectivity index (χ1) is 24.0. The molecule has 250 valence electrons. The SMILES string of the molecule is COC(=O)c1ccc(-c2ccc(C(=O)Nc3ccc(-c4ccc(C(Nc5ccc(C(C)=O)c6ccccc56)C(F)(F)F)cc4)cc3)cc2)cc1. The number of benzene rings is 6. The Balaban J connectivity index is 1.13. The van der Waals surface area contributed by atoms with Gasteiger partial charge < -0.3 is 15.4 Å². The topological polar surface area (TPSA) is 84.5 Å².